The summed E-state index contributed by atoms with van der Waals surface area (Å²) in [7, 11) is 0. The SMILES string of the molecule is CCCCCCCC(C)(O)CCl. The topological polar surface area (TPSA) is 20.2 Å². The van der Waals surface area contributed by atoms with Crippen LogP contribution in [-0.4, -0.2) is 16.6 Å². The zero-order valence-electron chi connectivity index (χ0n) is 8.27. The lowest BCUT2D eigenvalue weighted by molar-refractivity contribution is 0.0716. The lowest BCUT2D eigenvalue weighted by atomic mass is 10.00. The molecule has 0 spiro atoms. The molecular formula is C10H21ClO. The van der Waals surface area contributed by atoms with E-state index in [1.807, 2.05) is 0 Å². The number of hydrogen-bond acceptors (Lipinski definition) is 1. The zero-order chi connectivity index (χ0) is 9.45. The maximum Gasteiger partial charge on any atom is 0.0754 e. The van der Waals surface area contributed by atoms with Crippen molar-refractivity contribution < 1.29 is 5.11 Å². The number of alkyl halides is 1. The molecule has 1 unspecified atom stereocenters. The van der Waals surface area contributed by atoms with Gasteiger partial charge in [0.25, 0.3) is 0 Å². The van der Waals surface area contributed by atoms with Gasteiger partial charge in [0, 0.05) is 0 Å². The van der Waals surface area contributed by atoms with Gasteiger partial charge in [-0.25, -0.2) is 0 Å². The van der Waals surface area contributed by atoms with Crippen LogP contribution in [0.3, 0.4) is 0 Å². The summed E-state index contributed by atoms with van der Waals surface area (Å²) < 4.78 is 0. The molecule has 1 N–H and O–H groups in total. The van der Waals surface area contributed by atoms with Gasteiger partial charge in [0.15, 0.2) is 0 Å². The van der Waals surface area contributed by atoms with Crippen molar-refractivity contribution in [1.29, 1.82) is 0 Å². The molecule has 74 valence electrons. The molecule has 0 aromatic carbocycles. The summed E-state index contributed by atoms with van der Waals surface area (Å²) in [5.41, 5.74) is -0.645. The van der Waals surface area contributed by atoms with E-state index in [4.69, 9.17) is 11.6 Å². The Morgan fingerprint density at radius 1 is 1.17 bits per heavy atom. The Morgan fingerprint density at radius 2 is 1.75 bits per heavy atom. The number of unbranched alkanes of at least 4 members (excludes halogenated alkanes) is 4. The van der Waals surface area contributed by atoms with E-state index in [0.29, 0.717) is 5.88 Å². The first-order valence-electron chi connectivity index (χ1n) is 4.91. The predicted molar refractivity (Wildman–Crippen MR) is 54.7 cm³/mol. The van der Waals surface area contributed by atoms with Crippen molar-refractivity contribution in [2.75, 3.05) is 5.88 Å². The highest BCUT2D eigenvalue weighted by Gasteiger charge is 2.17. The maximum atomic E-state index is 9.55. The van der Waals surface area contributed by atoms with Gasteiger partial charge >= 0.3 is 0 Å². The fourth-order valence-corrected chi connectivity index (χ4v) is 1.31. The Bertz CT molecular complexity index is 102. The highest BCUT2D eigenvalue weighted by molar-refractivity contribution is 6.18. The van der Waals surface area contributed by atoms with Gasteiger partial charge in [-0.1, -0.05) is 39.0 Å². The van der Waals surface area contributed by atoms with Crippen LogP contribution in [0.5, 0.6) is 0 Å². The summed E-state index contributed by atoms with van der Waals surface area (Å²) >= 11 is 5.58. The van der Waals surface area contributed by atoms with Crippen LogP contribution in [0.15, 0.2) is 0 Å². The Kier molecular flexibility index (Phi) is 6.87. The average molecular weight is 193 g/mol. The van der Waals surface area contributed by atoms with Crippen molar-refractivity contribution in [1.82, 2.24) is 0 Å². The molecular weight excluding hydrogens is 172 g/mol. The van der Waals surface area contributed by atoms with Crippen LogP contribution < -0.4 is 0 Å². The van der Waals surface area contributed by atoms with Crippen molar-refractivity contribution >= 4 is 11.6 Å². The van der Waals surface area contributed by atoms with Gasteiger partial charge in [-0.15, -0.1) is 11.6 Å². The summed E-state index contributed by atoms with van der Waals surface area (Å²) in [6, 6.07) is 0. The fraction of sp³-hybridized carbons (Fsp3) is 1.00. The molecule has 1 nitrogen and oxygen atoms in total. The Morgan fingerprint density at radius 3 is 2.25 bits per heavy atom. The zero-order valence-corrected chi connectivity index (χ0v) is 9.03. The van der Waals surface area contributed by atoms with Crippen molar-refractivity contribution in [3.05, 3.63) is 0 Å². The molecule has 0 aromatic heterocycles. The first-order valence-corrected chi connectivity index (χ1v) is 5.44. The quantitative estimate of drug-likeness (QED) is 0.485. The maximum absolute atomic E-state index is 9.55. The number of rotatable bonds is 7. The van der Waals surface area contributed by atoms with E-state index in [1.165, 1.54) is 25.7 Å². The minimum Gasteiger partial charge on any atom is -0.389 e. The predicted octanol–water partition coefficient (Wildman–Crippen LogP) is 3.34. The Hall–Kier alpha value is 0.250. The highest BCUT2D eigenvalue weighted by Crippen LogP contribution is 2.16. The molecule has 0 amide bonds. The first-order chi connectivity index (χ1) is 5.62. The van der Waals surface area contributed by atoms with Crippen molar-refractivity contribution in [2.45, 2.75) is 58.0 Å². The van der Waals surface area contributed by atoms with Crippen molar-refractivity contribution in [2.24, 2.45) is 0 Å². The van der Waals surface area contributed by atoms with E-state index in [0.717, 1.165) is 12.8 Å². The Labute approximate surface area is 81.1 Å². The van der Waals surface area contributed by atoms with Crippen LogP contribution in [-0.2, 0) is 0 Å². The molecule has 1 atom stereocenters. The standard InChI is InChI=1S/C10H21ClO/c1-3-4-5-6-7-8-10(2,12)9-11/h12H,3-9H2,1-2H3. The van der Waals surface area contributed by atoms with Gasteiger partial charge in [0.1, 0.15) is 0 Å². The molecule has 0 rings (SSSR count). The largest absolute Gasteiger partial charge is 0.389 e. The monoisotopic (exact) mass is 192 g/mol. The molecule has 0 fully saturated rings. The van der Waals surface area contributed by atoms with Crippen LogP contribution in [0, 0.1) is 0 Å². The molecule has 2 heteroatoms. The van der Waals surface area contributed by atoms with Crippen LogP contribution in [0.4, 0.5) is 0 Å². The molecule has 0 radical (unpaired) electrons. The minimum absolute atomic E-state index is 0.348. The second-order valence-corrected chi connectivity index (χ2v) is 4.06. The number of halogens is 1. The van der Waals surface area contributed by atoms with E-state index in [-0.39, 0.29) is 0 Å². The van der Waals surface area contributed by atoms with Gasteiger partial charge in [0.05, 0.1) is 11.5 Å². The van der Waals surface area contributed by atoms with Gasteiger partial charge in [-0.2, -0.15) is 0 Å². The molecule has 0 aliphatic heterocycles. The smallest absolute Gasteiger partial charge is 0.0754 e. The highest BCUT2D eigenvalue weighted by atomic mass is 35.5. The lowest BCUT2D eigenvalue weighted by Crippen LogP contribution is -2.25. The normalized spacial score (nSPS) is 16.0. The lowest BCUT2D eigenvalue weighted by Gasteiger charge is -2.19. The third kappa shape index (κ3) is 6.93. The van der Waals surface area contributed by atoms with E-state index in [2.05, 4.69) is 6.92 Å². The van der Waals surface area contributed by atoms with Crippen LogP contribution in [0.25, 0.3) is 0 Å². The number of aliphatic hydroxyl groups is 1. The van der Waals surface area contributed by atoms with Crippen LogP contribution in [0.1, 0.15) is 52.4 Å². The van der Waals surface area contributed by atoms with Gasteiger partial charge < -0.3 is 5.11 Å². The molecule has 0 aliphatic rings. The van der Waals surface area contributed by atoms with E-state index in [1.54, 1.807) is 6.92 Å². The third-order valence-electron chi connectivity index (χ3n) is 2.11. The summed E-state index contributed by atoms with van der Waals surface area (Å²) in [5.74, 6) is 0.348. The second-order valence-electron chi connectivity index (χ2n) is 3.79. The van der Waals surface area contributed by atoms with Crippen molar-refractivity contribution in [3.8, 4) is 0 Å². The van der Waals surface area contributed by atoms with Gasteiger partial charge in [0.2, 0.25) is 0 Å². The van der Waals surface area contributed by atoms with Gasteiger partial charge in [-0.05, 0) is 13.3 Å². The molecule has 0 aromatic rings. The summed E-state index contributed by atoms with van der Waals surface area (Å²) in [6.07, 6.45) is 7.02. The van der Waals surface area contributed by atoms with E-state index < -0.39 is 5.60 Å². The molecule has 0 saturated heterocycles. The van der Waals surface area contributed by atoms with Crippen molar-refractivity contribution in [3.63, 3.8) is 0 Å². The summed E-state index contributed by atoms with van der Waals surface area (Å²) in [4.78, 5) is 0. The Balaban J connectivity index is 3.19. The van der Waals surface area contributed by atoms with E-state index >= 15 is 0 Å². The number of hydrogen-bond donors (Lipinski definition) is 1. The molecule has 12 heavy (non-hydrogen) atoms. The van der Waals surface area contributed by atoms with Crippen LogP contribution >= 0.6 is 11.6 Å². The van der Waals surface area contributed by atoms with Gasteiger partial charge in [-0.3, -0.25) is 0 Å². The third-order valence-corrected chi connectivity index (χ3v) is 2.68. The first kappa shape index (κ1) is 12.2. The molecule has 0 saturated carbocycles. The van der Waals surface area contributed by atoms with E-state index in [9.17, 15) is 5.11 Å². The summed E-state index contributed by atoms with van der Waals surface area (Å²) in [6.45, 7) is 4.01. The fourth-order valence-electron chi connectivity index (χ4n) is 1.18. The molecule has 0 bridgehead atoms. The van der Waals surface area contributed by atoms with Crippen LogP contribution in [0.2, 0.25) is 0 Å². The summed E-state index contributed by atoms with van der Waals surface area (Å²) in [5, 5.41) is 9.55. The average Bonchev–Trinajstić information content (AvgIpc) is 2.04. The minimum atomic E-state index is -0.645. The molecule has 0 heterocycles. The molecule has 0 aliphatic carbocycles. The second kappa shape index (κ2) is 6.73.